The van der Waals surface area contributed by atoms with Crippen LogP contribution in [0.2, 0.25) is 0 Å². The van der Waals surface area contributed by atoms with Gasteiger partial charge in [0.05, 0.1) is 5.69 Å². The summed E-state index contributed by atoms with van der Waals surface area (Å²) in [6.45, 7) is 5.63. The van der Waals surface area contributed by atoms with Crippen molar-refractivity contribution in [3.05, 3.63) is 47.1 Å². The van der Waals surface area contributed by atoms with Crippen molar-refractivity contribution in [3.63, 3.8) is 0 Å². The van der Waals surface area contributed by atoms with Gasteiger partial charge in [-0.25, -0.2) is 0 Å². The Morgan fingerprint density at radius 2 is 2.08 bits per heavy atom. The molecule has 0 aliphatic rings. The first-order valence-corrected chi connectivity index (χ1v) is 8.08. The average molecular weight is 443 g/mol. The van der Waals surface area contributed by atoms with Crippen LogP contribution in [-0.4, -0.2) is 29.7 Å². The van der Waals surface area contributed by atoms with Gasteiger partial charge in [-0.15, -0.1) is 24.0 Å². The van der Waals surface area contributed by atoms with Gasteiger partial charge < -0.3 is 15.2 Å². The Morgan fingerprint density at radius 1 is 1.25 bits per heavy atom. The van der Waals surface area contributed by atoms with Gasteiger partial charge in [0.25, 0.3) is 0 Å². The number of pyridine rings is 1. The van der Waals surface area contributed by atoms with Crippen molar-refractivity contribution >= 4 is 29.9 Å². The van der Waals surface area contributed by atoms with Crippen molar-refractivity contribution in [1.29, 1.82) is 0 Å². The molecule has 0 atom stereocenters. The zero-order valence-corrected chi connectivity index (χ0v) is 16.8. The fraction of sp³-hybridized carbons (Fsp3) is 0.471. The Bertz CT molecular complexity index is 606. The lowest BCUT2D eigenvalue weighted by Crippen LogP contribution is -2.38. The maximum atomic E-state index is 5.38. The number of aryl methyl sites for hydroxylation is 2. The Morgan fingerprint density at radius 3 is 2.71 bits per heavy atom. The zero-order chi connectivity index (χ0) is 16.5. The van der Waals surface area contributed by atoms with Gasteiger partial charge >= 0.3 is 0 Å². The lowest BCUT2D eigenvalue weighted by molar-refractivity contribution is 0.380. The quantitative estimate of drug-likeness (QED) is 0.391. The van der Waals surface area contributed by atoms with E-state index in [2.05, 4.69) is 45.7 Å². The molecule has 0 bridgehead atoms. The lowest BCUT2D eigenvalue weighted by atomic mass is 10.1. The van der Waals surface area contributed by atoms with E-state index in [1.165, 1.54) is 5.56 Å². The van der Waals surface area contributed by atoms with Gasteiger partial charge in [0.15, 0.2) is 5.96 Å². The van der Waals surface area contributed by atoms with Crippen molar-refractivity contribution in [2.75, 3.05) is 13.6 Å². The molecule has 0 amide bonds. The van der Waals surface area contributed by atoms with E-state index >= 15 is 0 Å². The van der Waals surface area contributed by atoms with Crippen LogP contribution in [0.4, 0.5) is 0 Å². The predicted molar refractivity (Wildman–Crippen MR) is 107 cm³/mol. The third-order valence-corrected chi connectivity index (χ3v) is 3.69. The minimum absolute atomic E-state index is 0. The summed E-state index contributed by atoms with van der Waals surface area (Å²) in [5, 5.41) is 10.8. The minimum atomic E-state index is 0. The summed E-state index contributed by atoms with van der Waals surface area (Å²) in [5.41, 5.74) is 3.36. The molecule has 0 aliphatic heterocycles. The van der Waals surface area contributed by atoms with Crippen molar-refractivity contribution in [1.82, 2.24) is 20.8 Å². The Labute approximate surface area is 160 Å². The molecule has 2 N–H and O–H groups in total. The summed E-state index contributed by atoms with van der Waals surface area (Å²) >= 11 is 0. The Hall–Kier alpha value is -1.64. The average Bonchev–Trinajstić information content (AvgIpc) is 3.00. The monoisotopic (exact) mass is 443 g/mol. The summed E-state index contributed by atoms with van der Waals surface area (Å²) < 4.78 is 5.38. The van der Waals surface area contributed by atoms with Crippen LogP contribution in [0.5, 0.6) is 0 Å². The Balaban J connectivity index is 0.00000288. The van der Waals surface area contributed by atoms with Crippen molar-refractivity contribution < 1.29 is 4.52 Å². The van der Waals surface area contributed by atoms with Gasteiger partial charge in [-0.05, 0) is 24.5 Å². The van der Waals surface area contributed by atoms with Gasteiger partial charge in [-0.1, -0.05) is 25.1 Å². The number of rotatable bonds is 7. The number of halogens is 1. The smallest absolute Gasteiger partial charge is 0.191 e. The molecule has 2 aromatic heterocycles. The molecule has 2 aromatic rings. The van der Waals surface area contributed by atoms with Crippen molar-refractivity contribution in [2.45, 2.75) is 39.7 Å². The molecule has 0 unspecified atom stereocenters. The van der Waals surface area contributed by atoms with Gasteiger partial charge in [0.1, 0.15) is 5.76 Å². The van der Waals surface area contributed by atoms with E-state index in [1.807, 2.05) is 12.3 Å². The second-order valence-corrected chi connectivity index (χ2v) is 5.20. The number of nitrogens with one attached hydrogen (secondary N) is 2. The van der Waals surface area contributed by atoms with Crippen molar-refractivity contribution in [3.8, 4) is 0 Å². The van der Waals surface area contributed by atoms with E-state index in [0.29, 0.717) is 6.54 Å². The number of aromatic nitrogens is 2. The first-order chi connectivity index (χ1) is 11.3. The van der Waals surface area contributed by atoms with Crippen LogP contribution in [0.3, 0.4) is 0 Å². The molecular weight excluding hydrogens is 417 g/mol. The number of guanidine groups is 1. The van der Waals surface area contributed by atoms with Crippen molar-refractivity contribution in [2.24, 2.45) is 4.99 Å². The molecule has 0 fully saturated rings. The fourth-order valence-electron chi connectivity index (χ4n) is 2.40. The number of hydrogen-bond donors (Lipinski definition) is 2. The predicted octanol–water partition coefficient (Wildman–Crippen LogP) is 2.72. The minimum Gasteiger partial charge on any atom is -0.361 e. The lowest BCUT2D eigenvalue weighted by Gasteiger charge is -2.12. The molecule has 2 heterocycles. The van der Waals surface area contributed by atoms with E-state index in [1.54, 1.807) is 13.2 Å². The summed E-state index contributed by atoms with van der Waals surface area (Å²) in [4.78, 5) is 8.38. The van der Waals surface area contributed by atoms with E-state index < -0.39 is 0 Å². The van der Waals surface area contributed by atoms with Crippen LogP contribution in [-0.2, 0) is 25.8 Å². The molecule has 2 rings (SSSR count). The van der Waals surface area contributed by atoms with Crippen LogP contribution >= 0.6 is 24.0 Å². The highest BCUT2D eigenvalue weighted by Crippen LogP contribution is 2.15. The molecular formula is C17H26IN5O. The molecule has 6 nitrogen and oxygen atoms in total. The van der Waals surface area contributed by atoms with Crippen LogP contribution < -0.4 is 10.6 Å². The van der Waals surface area contributed by atoms with Gasteiger partial charge in [-0.3, -0.25) is 9.98 Å². The molecule has 0 spiro atoms. The summed E-state index contributed by atoms with van der Waals surface area (Å²) in [6, 6.07) is 4.02. The first-order valence-electron chi connectivity index (χ1n) is 8.08. The number of nitrogens with zero attached hydrogens (tertiary/aromatic N) is 3. The second-order valence-electron chi connectivity index (χ2n) is 5.20. The summed E-state index contributed by atoms with van der Waals surface area (Å²) in [7, 11) is 1.77. The third kappa shape index (κ3) is 5.77. The maximum absolute atomic E-state index is 5.38. The molecule has 0 aromatic carbocycles. The molecule has 0 aliphatic carbocycles. The van der Waals surface area contributed by atoms with Gasteiger partial charge in [-0.2, -0.15) is 0 Å². The van der Waals surface area contributed by atoms with E-state index in [-0.39, 0.29) is 24.0 Å². The van der Waals surface area contributed by atoms with E-state index in [4.69, 9.17) is 4.52 Å². The normalized spacial score (nSPS) is 11.0. The largest absolute Gasteiger partial charge is 0.361 e. The SMILES string of the molecule is CCc1noc(CC)c1CNC(=NC)NCCc1cccnc1.I. The summed E-state index contributed by atoms with van der Waals surface area (Å²) in [5.74, 6) is 1.72. The zero-order valence-electron chi connectivity index (χ0n) is 14.5. The Kier molecular flexibility index (Phi) is 9.36. The number of hydrogen-bond acceptors (Lipinski definition) is 4. The molecule has 0 radical (unpaired) electrons. The molecule has 132 valence electrons. The standard InChI is InChI=1S/C17H25N5O.HI/c1-4-15-14(16(5-2)23-22-15)12-21-17(18-3)20-10-8-13-7-6-9-19-11-13;/h6-7,9,11H,4-5,8,10,12H2,1-3H3,(H2,18,20,21);1H. The topological polar surface area (TPSA) is 75.3 Å². The molecule has 0 saturated carbocycles. The van der Waals surface area contributed by atoms with Crippen LogP contribution in [0.25, 0.3) is 0 Å². The second kappa shape index (κ2) is 11.0. The third-order valence-electron chi connectivity index (χ3n) is 3.69. The van der Waals surface area contributed by atoms with Crippen LogP contribution in [0.15, 0.2) is 34.0 Å². The fourth-order valence-corrected chi connectivity index (χ4v) is 2.40. The van der Waals surface area contributed by atoms with Crippen LogP contribution in [0.1, 0.15) is 36.4 Å². The molecule has 7 heteroatoms. The highest BCUT2D eigenvalue weighted by Gasteiger charge is 2.13. The van der Waals surface area contributed by atoms with Gasteiger partial charge in [0, 0.05) is 44.5 Å². The first kappa shape index (κ1) is 20.4. The highest BCUT2D eigenvalue weighted by molar-refractivity contribution is 14.0. The van der Waals surface area contributed by atoms with Gasteiger partial charge in [0.2, 0.25) is 0 Å². The molecule has 24 heavy (non-hydrogen) atoms. The maximum Gasteiger partial charge on any atom is 0.191 e. The van der Waals surface area contributed by atoms with E-state index in [0.717, 1.165) is 48.8 Å². The highest BCUT2D eigenvalue weighted by atomic mass is 127. The summed E-state index contributed by atoms with van der Waals surface area (Å²) in [6.07, 6.45) is 6.29. The molecule has 0 saturated heterocycles. The number of aliphatic imine (C=N–C) groups is 1. The van der Waals surface area contributed by atoms with Crippen LogP contribution in [0, 0.1) is 0 Å². The van der Waals surface area contributed by atoms with E-state index in [9.17, 15) is 0 Å².